The van der Waals surface area contributed by atoms with Crippen molar-refractivity contribution in [2.75, 3.05) is 13.2 Å². The Morgan fingerprint density at radius 2 is 2.12 bits per heavy atom. The van der Waals surface area contributed by atoms with E-state index in [0.29, 0.717) is 13.0 Å². The number of aromatic nitrogens is 1. The van der Waals surface area contributed by atoms with Crippen LogP contribution >= 0.6 is 11.6 Å². The molecule has 1 aromatic heterocycles. The fraction of sp³-hybridized carbons (Fsp3) is 0.235. The Labute approximate surface area is 143 Å². The molecule has 0 radical (unpaired) electrons. The van der Waals surface area contributed by atoms with Gasteiger partial charge in [-0.1, -0.05) is 29.8 Å². The van der Waals surface area contributed by atoms with Gasteiger partial charge in [0.1, 0.15) is 10.9 Å². The van der Waals surface area contributed by atoms with Gasteiger partial charge in [-0.05, 0) is 18.2 Å². The van der Waals surface area contributed by atoms with Crippen molar-refractivity contribution in [3.05, 3.63) is 58.9 Å². The molecule has 0 saturated heterocycles. The van der Waals surface area contributed by atoms with Crippen molar-refractivity contribution in [3.8, 4) is 5.75 Å². The van der Waals surface area contributed by atoms with Gasteiger partial charge in [0.25, 0.3) is 5.91 Å². The van der Waals surface area contributed by atoms with Gasteiger partial charge in [-0.25, -0.2) is 9.78 Å². The number of hydrogen-bond acceptors (Lipinski definition) is 5. The first-order valence-electron chi connectivity index (χ1n) is 7.44. The summed E-state index contributed by atoms with van der Waals surface area (Å²) in [5, 5.41) is 2.89. The third-order valence-corrected chi connectivity index (χ3v) is 3.91. The van der Waals surface area contributed by atoms with E-state index in [0.717, 1.165) is 11.3 Å². The normalized spacial score (nSPS) is 15.8. The van der Waals surface area contributed by atoms with Crippen molar-refractivity contribution >= 4 is 23.5 Å². The van der Waals surface area contributed by atoms with Crippen LogP contribution in [0.15, 0.2) is 42.6 Å². The summed E-state index contributed by atoms with van der Waals surface area (Å²) in [6, 6.07) is 10.4. The molecule has 0 saturated carbocycles. The number of fused-ring (bicyclic) bond motifs is 1. The molecule has 0 spiro atoms. The Balaban J connectivity index is 1.57. The summed E-state index contributed by atoms with van der Waals surface area (Å²) in [6.07, 6.45) is 2.12. The number of halogens is 1. The van der Waals surface area contributed by atoms with Crippen LogP contribution in [-0.2, 0) is 9.53 Å². The Bertz CT molecular complexity index is 766. The second-order valence-electron chi connectivity index (χ2n) is 5.21. The molecule has 2 aromatic rings. The Morgan fingerprint density at radius 3 is 2.96 bits per heavy atom. The van der Waals surface area contributed by atoms with E-state index in [1.54, 1.807) is 6.07 Å². The van der Waals surface area contributed by atoms with E-state index in [2.05, 4.69) is 10.3 Å². The van der Waals surface area contributed by atoms with E-state index >= 15 is 0 Å². The number of ether oxygens (including phenoxy) is 2. The molecular formula is C17H15ClN2O4. The van der Waals surface area contributed by atoms with Crippen LogP contribution in [0.4, 0.5) is 0 Å². The fourth-order valence-electron chi connectivity index (χ4n) is 2.48. The first-order chi connectivity index (χ1) is 11.6. The lowest BCUT2D eigenvalue weighted by molar-refractivity contribution is -0.125. The highest BCUT2D eigenvalue weighted by Gasteiger charge is 2.23. The third-order valence-electron chi connectivity index (χ3n) is 3.61. The first-order valence-corrected chi connectivity index (χ1v) is 7.81. The molecule has 124 valence electrons. The quantitative estimate of drug-likeness (QED) is 0.680. The van der Waals surface area contributed by atoms with Gasteiger partial charge in [0, 0.05) is 18.2 Å². The number of benzene rings is 1. The number of nitrogens with zero attached hydrogens (tertiary/aromatic N) is 1. The number of amides is 1. The molecule has 0 aliphatic carbocycles. The Hall–Kier alpha value is -2.60. The lowest BCUT2D eigenvalue weighted by Gasteiger charge is -2.26. The van der Waals surface area contributed by atoms with Crippen LogP contribution < -0.4 is 10.1 Å². The summed E-state index contributed by atoms with van der Waals surface area (Å²) in [5.41, 5.74) is 1.04. The van der Waals surface area contributed by atoms with Crippen molar-refractivity contribution in [1.29, 1.82) is 0 Å². The summed E-state index contributed by atoms with van der Waals surface area (Å²) in [4.78, 5) is 27.8. The van der Waals surface area contributed by atoms with Gasteiger partial charge in [0.15, 0.2) is 6.61 Å². The highest BCUT2D eigenvalue weighted by Crippen LogP contribution is 2.31. The number of carbonyl (C=O) groups excluding carboxylic acids is 2. The maximum atomic E-state index is 12.1. The fourth-order valence-corrected chi connectivity index (χ4v) is 2.67. The number of esters is 1. The van der Waals surface area contributed by atoms with Crippen molar-refractivity contribution in [2.24, 2.45) is 0 Å². The third kappa shape index (κ3) is 3.65. The minimum Gasteiger partial charge on any atom is -0.493 e. The second kappa shape index (κ2) is 7.31. The second-order valence-corrected chi connectivity index (χ2v) is 5.57. The van der Waals surface area contributed by atoms with Gasteiger partial charge in [0.05, 0.1) is 18.2 Å². The van der Waals surface area contributed by atoms with Crippen LogP contribution in [0.5, 0.6) is 5.75 Å². The van der Waals surface area contributed by atoms with Crippen LogP contribution in [0.1, 0.15) is 28.4 Å². The monoisotopic (exact) mass is 346 g/mol. The van der Waals surface area contributed by atoms with Gasteiger partial charge in [-0.3, -0.25) is 4.79 Å². The van der Waals surface area contributed by atoms with Crippen LogP contribution in [0.2, 0.25) is 5.15 Å². The van der Waals surface area contributed by atoms with Crippen molar-refractivity contribution in [1.82, 2.24) is 10.3 Å². The van der Waals surface area contributed by atoms with Crippen LogP contribution in [0.25, 0.3) is 0 Å². The molecule has 2 heterocycles. The predicted molar refractivity (Wildman–Crippen MR) is 87.0 cm³/mol. The zero-order chi connectivity index (χ0) is 16.9. The number of pyridine rings is 1. The molecule has 1 aliphatic heterocycles. The molecule has 0 fully saturated rings. The summed E-state index contributed by atoms with van der Waals surface area (Å²) < 4.78 is 10.5. The van der Waals surface area contributed by atoms with E-state index in [4.69, 9.17) is 21.1 Å². The van der Waals surface area contributed by atoms with Crippen molar-refractivity contribution in [2.45, 2.75) is 12.5 Å². The van der Waals surface area contributed by atoms with E-state index in [1.165, 1.54) is 12.3 Å². The zero-order valence-electron chi connectivity index (χ0n) is 12.7. The molecule has 1 aliphatic rings. The van der Waals surface area contributed by atoms with E-state index in [-0.39, 0.29) is 29.3 Å². The molecule has 6 nitrogen and oxygen atoms in total. The average molecular weight is 347 g/mol. The smallest absolute Gasteiger partial charge is 0.341 e. The molecule has 1 aromatic carbocycles. The average Bonchev–Trinajstić information content (AvgIpc) is 2.60. The molecule has 0 bridgehead atoms. The van der Waals surface area contributed by atoms with E-state index < -0.39 is 5.97 Å². The van der Waals surface area contributed by atoms with E-state index in [9.17, 15) is 9.59 Å². The van der Waals surface area contributed by atoms with Gasteiger partial charge in [-0.2, -0.15) is 0 Å². The van der Waals surface area contributed by atoms with Crippen LogP contribution in [0.3, 0.4) is 0 Å². The molecule has 1 atom stereocenters. The predicted octanol–water partition coefficient (Wildman–Crippen LogP) is 2.53. The van der Waals surface area contributed by atoms with Gasteiger partial charge >= 0.3 is 5.97 Å². The summed E-state index contributed by atoms with van der Waals surface area (Å²) in [5.74, 6) is -0.311. The number of nitrogens with one attached hydrogen (secondary N) is 1. The summed E-state index contributed by atoms with van der Waals surface area (Å²) in [7, 11) is 0. The largest absolute Gasteiger partial charge is 0.493 e. The molecule has 1 unspecified atom stereocenters. The summed E-state index contributed by atoms with van der Waals surface area (Å²) in [6.45, 7) is 0.136. The SMILES string of the molecule is O=C(COC(=O)c1cccnc1Cl)NC1CCOc2ccccc21. The highest BCUT2D eigenvalue weighted by molar-refractivity contribution is 6.32. The van der Waals surface area contributed by atoms with E-state index in [1.807, 2.05) is 24.3 Å². The Morgan fingerprint density at radius 1 is 1.29 bits per heavy atom. The van der Waals surface area contributed by atoms with Crippen molar-refractivity contribution < 1.29 is 19.1 Å². The maximum Gasteiger partial charge on any atom is 0.341 e. The standard InChI is InChI=1S/C17H15ClN2O4/c18-16-12(5-3-8-19-16)17(22)24-10-15(21)20-13-7-9-23-14-6-2-1-4-11(13)14/h1-6,8,13H,7,9-10H2,(H,20,21). The van der Waals surface area contributed by atoms with Gasteiger partial charge in [0.2, 0.25) is 0 Å². The molecule has 1 N–H and O–H groups in total. The molecule has 24 heavy (non-hydrogen) atoms. The van der Waals surface area contributed by atoms with Gasteiger partial charge < -0.3 is 14.8 Å². The highest BCUT2D eigenvalue weighted by atomic mass is 35.5. The number of para-hydroxylation sites is 1. The molecular weight excluding hydrogens is 332 g/mol. The molecule has 1 amide bonds. The topological polar surface area (TPSA) is 77.5 Å². The minimum atomic E-state index is -0.685. The zero-order valence-corrected chi connectivity index (χ0v) is 13.5. The van der Waals surface area contributed by atoms with Crippen molar-refractivity contribution in [3.63, 3.8) is 0 Å². The number of carbonyl (C=O) groups is 2. The van der Waals surface area contributed by atoms with Crippen LogP contribution in [0, 0.1) is 0 Å². The van der Waals surface area contributed by atoms with Crippen LogP contribution in [-0.4, -0.2) is 30.1 Å². The lowest BCUT2D eigenvalue weighted by Crippen LogP contribution is -2.35. The lowest BCUT2D eigenvalue weighted by atomic mass is 10.0. The number of rotatable bonds is 4. The Kier molecular flexibility index (Phi) is 4.96. The minimum absolute atomic E-state index is 0.0428. The first kappa shape index (κ1) is 16.3. The molecule has 7 heteroatoms. The number of hydrogen-bond donors (Lipinski definition) is 1. The maximum absolute atomic E-state index is 12.1. The summed E-state index contributed by atoms with van der Waals surface area (Å²) >= 11 is 5.82. The van der Waals surface area contributed by atoms with Gasteiger partial charge in [-0.15, -0.1) is 0 Å². The molecule has 3 rings (SSSR count).